The fourth-order valence-electron chi connectivity index (χ4n) is 3.89. The highest BCUT2D eigenvalue weighted by atomic mass is 35.5. The molecule has 0 bridgehead atoms. The fourth-order valence-corrected chi connectivity index (χ4v) is 4.11. The van der Waals surface area contributed by atoms with Crippen LogP contribution in [0.3, 0.4) is 0 Å². The summed E-state index contributed by atoms with van der Waals surface area (Å²) in [6, 6.07) is 17.7. The first-order valence-electron chi connectivity index (χ1n) is 9.96. The Labute approximate surface area is 176 Å². The Morgan fingerprint density at radius 1 is 1.17 bits per heavy atom. The Hall–Kier alpha value is -2.79. The van der Waals surface area contributed by atoms with Gasteiger partial charge in [0.25, 0.3) is 5.91 Å². The van der Waals surface area contributed by atoms with Gasteiger partial charge in [-0.25, -0.2) is 0 Å². The molecule has 0 radical (unpaired) electrons. The van der Waals surface area contributed by atoms with Gasteiger partial charge in [0.15, 0.2) is 0 Å². The zero-order chi connectivity index (χ0) is 20.4. The van der Waals surface area contributed by atoms with E-state index in [1.807, 2.05) is 29.1 Å². The number of hydrogen-bond acceptors (Lipinski definition) is 3. The molecule has 1 unspecified atom stereocenters. The van der Waals surface area contributed by atoms with Crippen LogP contribution < -0.4 is 10.2 Å². The minimum absolute atomic E-state index is 0.106. The standard InChI is InChI=1S/C23H25ClN4O/c1-16(2)28-22-20(26-23(29)18-10-6-7-11-19(18)24)12-13-27(21(22)14-25-28)15-17-8-4-3-5-9-17/h3-11,14,16,20H,12-13,15H2,1-2H3,(H,26,29). The van der Waals surface area contributed by atoms with Crippen LogP contribution in [0.15, 0.2) is 60.8 Å². The summed E-state index contributed by atoms with van der Waals surface area (Å²) in [7, 11) is 0. The van der Waals surface area contributed by atoms with Crippen molar-refractivity contribution in [1.29, 1.82) is 0 Å². The number of amides is 1. The van der Waals surface area contributed by atoms with Gasteiger partial charge in [0.05, 0.1) is 34.2 Å². The molecule has 1 aromatic heterocycles. The van der Waals surface area contributed by atoms with Crippen LogP contribution in [-0.4, -0.2) is 22.2 Å². The van der Waals surface area contributed by atoms with Gasteiger partial charge < -0.3 is 10.2 Å². The lowest BCUT2D eigenvalue weighted by Gasteiger charge is -2.35. The number of halogens is 1. The lowest BCUT2D eigenvalue weighted by molar-refractivity contribution is 0.0932. The number of aromatic nitrogens is 2. The molecular weight excluding hydrogens is 384 g/mol. The maximum atomic E-state index is 12.9. The van der Waals surface area contributed by atoms with Crippen molar-refractivity contribution in [2.24, 2.45) is 0 Å². The predicted octanol–water partition coefficient (Wildman–Crippen LogP) is 5.00. The number of benzene rings is 2. The molecule has 0 aliphatic carbocycles. The van der Waals surface area contributed by atoms with E-state index in [4.69, 9.17) is 11.6 Å². The zero-order valence-corrected chi connectivity index (χ0v) is 17.4. The molecule has 0 saturated carbocycles. The van der Waals surface area contributed by atoms with Crippen molar-refractivity contribution in [3.63, 3.8) is 0 Å². The van der Waals surface area contributed by atoms with Gasteiger partial charge in [-0.3, -0.25) is 9.48 Å². The monoisotopic (exact) mass is 408 g/mol. The summed E-state index contributed by atoms with van der Waals surface area (Å²) < 4.78 is 2.02. The minimum atomic E-state index is -0.153. The lowest BCUT2D eigenvalue weighted by atomic mass is 10.0. The molecule has 1 aliphatic heterocycles. The Morgan fingerprint density at radius 2 is 1.90 bits per heavy atom. The van der Waals surface area contributed by atoms with Crippen molar-refractivity contribution >= 4 is 23.2 Å². The van der Waals surface area contributed by atoms with Gasteiger partial charge in [-0.15, -0.1) is 0 Å². The van der Waals surface area contributed by atoms with Gasteiger partial charge in [-0.2, -0.15) is 5.10 Å². The smallest absolute Gasteiger partial charge is 0.253 e. The van der Waals surface area contributed by atoms with Gasteiger partial charge in [-0.05, 0) is 38.0 Å². The van der Waals surface area contributed by atoms with E-state index < -0.39 is 0 Å². The largest absolute Gasteiger partial charge is 0.364 e. The van der Waals surface area contributed by atoms with E-state index in [2.05, 4.69) is 53.4 Å². The molecule has 5 nitrogen and oxygen atoms in total. The van der Waals surface area contributed by atoms with Crippen molar-refractivity contribution in [2.45, 2.75) is 38.9 Å². The number of anilines is 1. The van der Waals surface area contributed by atoms with Gasteiger partial charge >= 0.3 is 0 Å². The summed E-state index contributed by atoms with van der Waals surface area (Å²) in [6.07, 6.45) is 2.74. The molecule has 2 heterocycles. The summed E-state index contributed by atoms with van der Waals surface area (Å²) in [5, 5.41) is 8.28. The second-order valence-electron chi connectivity index (χ2n) is 7.66. The first-order chi connectivity index (χ1) is 14.0. The van der Waals surface area contributed by atoms with Gasteiger partial charge in [0.1, 0.15) is 0 Å². The summed E-state index contributed by atoms with van der Waals surface area (Å²) in [6.45, 7) is 5.88. The topological polar surface area (TPSA) is 50.2 Å². The predicted molar refractivity (Wildman–Crippen MR) is 116 cm³/mol. The molecule has 150 valence electrons. The summed E-state index contributed by atoms with van der Waals surface area (Å²) in [5.41, 5.74) is 3.90. The van der Waals surface area contributed by atoms with Crippen LogP contribution in [-0.2, 0) is 6.54 Å². The maximum absolute atomic E-state index is 12.9. The summed E-state index contributed by atoms with van der Waals surface area (Å²) in [4.78, 5) is 15.2. The van der Waals surface area contributed by atoms with E-state index in [1.165, 1.54) is 5.56 Å². The van der Waals surface area contributed by atoms with Crippen molar-refractivity contribution < 1.29 is 4.79 Å². The molecule has 6 heteroatoms. The first kappa shape index (κ1) is 19.5. The van der Waals surface area contributed by atoms with Gasteiger partial charge in [-0.1, -0.05) is 54.1 Å². The van der Waals surface area contributed by atoms with Crippen LogP contribution in [0.25, 0.3) is 0 Å². The molecule has 1 N–H and O–H groups in total. The average Bonchev–Trinajstić information content (AvgIpc) is 3.17. The van der Waals surface area contributed by atoms with E-state index in [9.17, 15) is 4.79 Å². The lowest BCUT2D eigenvalue weighted by Crippen LogP contribution is -2.39. The minimum Gasteiger partial charge on any atom is -0.364 e. The van der Waals surface area contributed by atoms with E-state index >= 15 is 0 Å². The fraction of sp³-hybridized carbons (Fsp3) is 0.304. The Bertz CT molecular complexity index is 999. The van der Waals surface area contributed by atoms with Gasteiger partial charge in [0, 0.05) is 19.1 Å². The van der Waals surface area contributed by atoms with Crippen LogP contribution in [0.5, 0.6) is 0 Å². The Balaban J connectivity index is 1.63. The maximum Gasteiger partial charge on any atom is 0.253 e. The SMILES string of the molecule is CC(C)n1ncc2c1C(NC(=O)c1ccccc1Cl)CCN2Cc1ccccc1. The highest BCUT2D eigenvalue weighted by Crippen LogP contribution is 2.36. The van der Waals surface area contributed by atoms with E-state index in [-0.39, 0.29) is 18.0 Å². The highest BCUT2D eigenvalue weighted by Gasteiger charge is 2.31. The molecule has 1 atom stereocenters. The molecule has 0 spiro atoms. The number of nitrogens with one attached hydrogen (secondary N) is 1. The Morgan fingerprint density at radius 3 is 2.62 bits per heavy atom. The van der Waals surface area contributed by atoms with Crippen molar-refractivity contribution in [1.82, 2.24) is 15.1 Å². The van der Waals surface area contributed by atoms with Crippen LogP contribution in [0.4, 0.5) is 5.69 Å². The normalized spacial score (nSPS) is 16.0. The van der Waals surface area contributed by atoms with Crippen molar-refractivity contribution in [3.8, 4) is 0 Å². The first-order valence-corrected chi connectivity index (χ1v) is 10.3. The molecule has 3 aromatic rings. The number of nitrogens with zero attached hydrogens (tertiary/aromatic N) is 3. The number of carbonyl (C=O) groups is 1. The van der Waals surface area contributed by atoms with Crippen molar-refractivity contribution in [2.75, 3.05) is 11.4 Å². The van der Waals surface area contributed by atoms with Crippen LogP contribution in [0.2, 0.25) is 5.02 Å². The number of carbonyl (C=O) groups excluding carboxylic acids is 1. The highest BCUT2D eigenvalue weighted by molar-refractivity contribution is 6.33. The molecule has 1 amide bonds. The summed E-state index contributed by atoms with van der Waals surface area (Å²) in [5.74, 6) is -0.153. The third-order valence-corrected chi connectivity index (χ3v) is 5.63. The molecule has 1 aliphatic rings. The Kier molecular flexibility index (Phi) is 5.58. The van der Waals surface area contributed by atoms with Crippen LogP contribution in [0.1, 0.15) is 54.0 Å². The van der Waals surface area contributed by atoms with E-state index in [0.29, 0.717) is 10.6 Å². The molecular formula is C23H25ClN4O. The van der Waals surface area contributed by atoms with E-state index in [0.717, 1.165) is 30.9 Å². The summed E-state index contributed by atoms with van der Waals surface area (Å²) >= 11 is 6.22. The van der Waals surface area contributed by atoms with Gasteiger partial charge in [0.2, 0.25) is 0 Å². The second kappa shape index (κ2) is 8.29. The number of hydrogen-bond donors (Lipinski definition) is 1. The number of fused-ring (bicyclic) bond motifs is 1. The van der Waals surface area contributed by atoms with Crippen molar-refractivity contribution in [3.05, 3.63) is 82.6 Å². The third-order valence-electron chi connectivity index (χ3n) is 5.30. The molecule has 29 heavy (non-hydrogen) atoms. The quantitative estimate of drug-likeness (QED) is 0.646. The zero-order valence-electron chi connectivity index (χ0n) is 16.7. The molecule has 2 aromatic carbocycles. The van der Waals surface area contributed by atoms with Crippen LogP contribution >= 0.6 is 11.6 Å². The molecule has 0 saturated heterocycles. The van der Waals surface area contributed by atoms with E-state index in [1.54, 1.807) is 12.1 Å². The average molecular weight is 409 g/mol. The van der Waals surface area contributed by atoms with Crippen LogP contribution in [0, 0.1) is 0 Å². The third kappa shape index (κ3) is 4.01. The second-order valence-corrected chi connectivity index (χ2v) is 8.06. The molecule has 4 rings (SSSR count). The molecule has 0 fully saturated rings. The number of rotatable bonds is 5.